The zero-order chi connectivity index (χ0) is 15.4. The first-order valence-corrected chi connectivity index (χ1v) is 8.23. The van der Waals surface area contributed by atoms with Crippen molar-refractivity contribution in [3.05, 3.63) is 50.2 Å². The first-order chi connectivity index (χ1) is 10.1. The number of aromatic nitrogens is 2. The number of rotatable bonds is 6. The van der Waals surface area contributed by atoms with Crippen LogP contribution in [0.4, 0.5) is 0 Å². The van der Waals surface area contributed by atoms with Crippen LogP contribution in [0, 0.1) is 0 Å². The Morgan fingerprint density at radius 3 is 2.76 bits per heavy atom. The van der Waals surface area contributed by atoms with Crippen LogP contribution in [0.5, 0.6) is 0 Å². The molecule has 0 bridgehead atoms. The van der Waals surface area contributed by atoms with Gasteiger partial charge in [-0.25, -0.2) is 0 Å². The minimum absolute atomic E-state index is 0.0642. The number of halogens is 3. The van der Waals surface area contributed by atoms with E-state index in [1.807, 2.05) is 16.8 Å². The lowest BCUT2D eigenvalue weighted by molar-refractivity contribution is 0.476. The molecule has 4 nitrogen and oxygen atoms in total. The predicted molar refractivity (Wildman–Crippen MR) is 90.4 cm³/mol. The Morgan fingerprint density at radius 2 is 2.14 bits per heavy atom. The molecule has 1 aromatic carbocycles. The summed E-state index contributed by atoms with van der Waals surface area (Å²) in [6.45, 7) is 2.96. The van der Waals surface area contributed by atoms with Crippen LogP contribution in [-0.2, 0) is 13.0 Å². The molecule has 0 aliphatic rings. The van der Waals surface area contributed by atoms with Gasteiger partial charge in [0.25, 0.3) is 0 Å². The van der Waals surface area contributed by atoms with E-state index in [4.69, 9.17) is 29.0 Å². The second-order valence-corrected chi connectivity index (χ2v) is 6.44. The number of hydrazine groups is 1. The van der Waals surface area contributed by atoms with Crippen molar-refractivity contribution in [1.82, 2.24) is 15.2 Å². The van der Waals surface area contributed by atoms with Gasteiger partial charge in [-0.3, -0.25) is 16.0 Å². The van der Waals surface area contributed by atoms with E-state index >= 15 is 0 Å². The molecule has 7 heteroatoms. The maximum absolute atomic E-state index is 6.07. The molecule has 1 heterocycles. The summed E-state index contributed by atoms with van der Waals surface area (Å²) in [6, 6.07) is 5.55. The van der Waals surface area contributed by atoms with Crippen molar-refractivity contribution in [2.75, 3.05) is 0 Å². The third kappa shape index (κ3) is 3.99. The zero-order valence-electron chi connectivity index (χ0n) is 11.6. The monoisotopic (exact) mass is 390 g/mol. The molecular weight excluding hydrogens is 375 g/mol. The molecule has 2 rings (SSSR count). The maximum atomic E-state index is 6.07. The van der Waals surface area contributed by atoms with Gasteiger partial charge in [-0.2, -0.15) is 5.10 Å². The van der Waals surface area contributed by atoms with Crippen molar-refractivity contribution in [3.63, 3.8) is 0 Å². The molecule has 0 aliphatic carbocycles. The van der Waals surface area contributed by atoms with E-state index in [1.165, 1.54) is 0 Å². The van der Waals surface area contributed by atoms with Crippen LogP contribution in [0.15, 0.2) is 28.9 Å². The number of hydrogen-bond donors (Lipinski definition) is 2. The summed E-state index contributed by atoms with van der Waals surface area (Å²) in [5.74, 6) is 5.74. The summed E-state index contributed by atoms with van der Waals surface area (Å²) in [5, 5.41) is 5.47. The van der Waals surface area contributed by atoms with Crippen LogP contribution in [-0.4, -0.2) is 9.78 Å². The highest BCUT2D eigenvalue weighted by molar-refractivity contribution is 9.10. The van der Waals surface area contributed by atoms with E-state index in [0.29, 0.717) is 16.5 Å². The van der Waals surface area contributed by atoms with Gasteiger partial charge in [0.1, 0.15) is 0 Å². The van der Waals surface area contributed by atoms with Gasteiger partial charge in [-0.15, -0.1) is 0 Å². The second kappa shape index (κ2) is 7.61. The normalized spacial score (nSPS) is 12.6. The van der Waals surface area contributed by atoms with Gasteiger partial charge in [-0.1, -0.05) is 36.2 Å². The average Bonchev–Trinajstić information content (AvgIpc) is 2.82. The summed E-state index contributed by atoms with van der Waals surface area (Å²) in [7, 11) is 0. The summed E-state index contributed by atoms with van der Waals surface area (Å²) < 4.78 is 2.91. The maximum Gasteiger partial charge on any atom is 0.0712 e. The van der Waals surface area contributed by atoms with Crippen molar-refractivity contribution >= 4 is 39.1 Å². The second-order valence-electron chi connectivity index (χ2n) is 4.77. The van der Waals surface area contributed by atoms with Crippen LogP contribution < -0.4 is 11.3 Å². The van der Waals surface area contributed by atoms with Gasteiger partial charge < -0.3 is 0 Å². The van der Waals surface area contributed by atoms with Gasteiger partial charge in [0.2, 0.25) is 0 Å². The van der Waals surface area contributed by atoms with Gasteiger partial charge in [0.15, 0.2) is 0 Å². The molecule has 21 heavy (non-hydrogen) atoms. The predicted octanol–water partition coefficient (Wildman–Crippen LogP) is 4.11. The van der Waals surface area contributed by atoms with Gasteiger partial charge in [0.05, 0.1) is 32.5 Å². The number of nitrogens with zero attached hydrogens (tertiary/aromatic N) is 2. The third-order valence-corrected chi connectivity index (χ3v) is 4.57. The molecule has 0 saturated carbocycles. The fourth-order valence-electron chi connectivity index (χ4n) is 2.25. The Balaban J connectivity index is 2.27. The van der Waals surface area contributed by atoms with Crippen LogP contribution in [0.25, 0.3) is 0 Å². The van der Waals surface area contributed by atoms with Gasteiger partial charge in [0, 0.05) is 6.54 Å². The SMILES string of the molecule is CCCn1ncc(Br)c1C(Cc1ccc(Cl)c(Cl)c1)NN. The molecule has 1 aromatic heterocycles. The van der Waals surface area contributed by atoms with Crippen molar-refractivity contribution in [2.24, 2.45) is 5.84 Å². The Bertz CT molecular complexity index is 615. The number of benzene rings is 1. The zero-order valence-corrected chi connectivity index (χ0v) is 14.7. The van der Waals surface area contributed by atoms with E-state index in [9.17, 15) is 0 Å². The molecule has 0 spiro atoms. The topological polar surface area (TPSA) is 55.9 Å². The summed E-state index contributed by atoms with van der Waals surface area (Å²) in [5.41, 5.74) is 4.95. The molecule has 1 unspecified atom stereocenters. The smallest absolute Gasteiger partial charge is 0.0712 e. The van der Waals surface area contributed by atoms with Gasteiger partial charge >= 0.3 is 0 Å². The fraction of sp³-hybridized carbons (Fsp3) is 0.357. The molecule has 2 aromatic rings. The lowest BCUT2D eigenvalue weighted by Gasteiger charge is -2.19. The van der Waals surface area contributed by atoms with E-state index < -0.39 is 0 Å². The molecule has 0 aliphatic heterocycles. The third-order valence-electron chi connectivity index (χ3n) is 3.22. The number of hydrogen-bond acceptors (Lipinski definition) is 3. The van der Waals surface area contributed by atoms with Crippen LogP contribution in [0.1, 0.15) is 30.6 Å². The van der Waals surface area contributed by atoms with Crippen molar-refractivity contribution < 1.29 is 0 Å². The minimum atomic E-state index is -0.0642. The van der Waals surface area contributed by atoms with Gasteiger partial charge in [-0.05, 0) is 46.5 Å². The molecular formula is C14H17BrCl2N4. The number of aryl methyl sites for hydroxylation is 1. The Labute approximate surface area is 142 Å². The highest BCUT2D eigenvalue weighted by Crippen LogP contribution is 2.28. The molecule has 0 radical (unpaired) electrons. The van der Waals surface area contributed by atoms with Crippen LogP contribution >= 0.6 is 39.1 Å². The van der Waals surface area contributed by atoms with Crippen molar-refractivity contribution in [1.29, 1.82) is 0 Å². The molecule has 114 valence electrons. The molecule has 1 atom stereocenters. The number of nitrogens with one attached hydrogen (secondary N) is 1. The Kier molecular flexibility index (Phi) is 6.08. The molecule has 3 N–H and O–H groups in total. The lowest BCUT2D eigenvalue weighted by Crippen LogP contribution is -2.31. The summed E-state index contributed by atoms with van der Waals surface area (Å²) in [6.07, 6.45) is 3.50. The highest BCUT2D eigenvalue weighted by atomic mass is 79.9. The van der Waals surface area contributed by atoms with Crippen molar-refractivity contribution in [3.8, 4) is 0 Å². The van der Waals surface area contributed by atoms with Crippen LogP contribution in [0.3, 0.4) is 0 Å². The van der Waals surface area contributed by atoms with E-state index in [1.54, 1.807) is 12.3 Å². The summed E-state index contributed by atoms with van der Waals surface area (Å²) >= 11 is 15.6. The first kappa shape index (κ1) is 16.8. The van der Waals surface area contributed by atoms with Crippen molar-refractivity contribution in [2.45, 2.75) is 32.4 Å². The van der Waals surface area contributed by atoms with E-state index in [0.717, 1.165) is 28.7 Å². The number of nitrogens with two attached hydrogens (primary N) is 1. The Hall–Kier alpha value is -0.590. The quantitative estimate of drug-likeness (QED) is 0.575. The largest absolute Gasteiger partial charge is 0.271 e. The molecule has 0 amide bonds. The molecule has 0 saturated heterocycles. The average molecular weight is 392 g/mol. The highest BCUT2D eigenvalue weighted by Gasteiger charge is 2.19. The minimum Gasteiger partial charge on any atom is -0.271 e. The Morgan fingerprint density at radius 1 is 1.38 bits per heavy atom. The fourth-order valence-corrected chi connectivity index (χ4v) is 3.14. The van der Waals surface area contributed by atoms with E-state index in [2.05, 4.69) is 33.4 Å². The van der Waals surface area contributed by atoms with E-state index in [-0.39, 0.29) is 6.04 Å². The standard InChI is InChI=1S/C14H17BrCl2N4/c1-2-5-21-14(10(15)8-19-21)13(20-18)7-9-3-4-11(16)12(17)6-9/h3-4,6,8,13,20H,2,5,7,18H2,1H3. The lowest BCUT2D eigenvalue weighted by atomic mass is 10.0. The summed E-state index contributed by atoms with van der Waals surface area (Å²) in [4.78, 5) is 0. The van der Waals surface area contributed by atoms with Crippen LogP contribution in [0.2, 0.25) is 10.0 Å². The first-order valence-electron chi connectivity index (χ1n) is 6.68. The molecule has 0 fully saturated rings.